The van der Waals surface area contributed by atoms with Gasteiger partial charge in [0.05, 0.1) is 0 Å². The van der Waals surface area contributed by atoms with Crippen molar-refractivity contribution in [3.63, 3.8) is 0 Å². The highest BCUT2D eigenvalue weighted by molar-refractivity contribution is 5.14. The Kier molecular flexibility index (Phi) is 5.87. The third-order valence-electron chi connectivity index (χ3n) is 3.97. The minimum atomic E-state index is 0.714. The highest BCUT2D eigenvalue weighted by Crippen LogP contribution is 2.14. The summed E-state index contributed by atoms with van der Waals surface area (Å²) in [7, 11) is 0. The highest BCUT2D eigenvalue weighted by Gasteiger charge is 2.21. The lowest BCUT2D eigenvalue weighted by atomic mass is 10.0. The van der Waals surface area contributed by atoms with E-state index in [0.717, 1.165) is 12.5 Å². The summed E-state index contributed by atoms with van der Waals surface area (Å²) >= 11 is 0. The summed E-state index contributed by atoms with van der Waals surface area (Å²) in [5, 5.41) is 3.59. The molecule has 1 aliphatic heterocycles. The zero-order valence-electron chi connectivity index (χ0n) is 12.4. The van der Waals surface area contributed by atoms with Crippen LogP contribution in [0.25, 0.3) is 0 Å². The average Bonchev–Trinajstić information content (AvgIpc) is 2.62. The van der Waals surface area contributed by atoms with Crippen molar-refractivity contribution >= 4 is 0 Å². The van der Waals surface area contributed by atoms with Crippen molar-refractivity contribution in [1.82, 2.24) is 10.2 Å². The number of hydrogen-bond donors (Lipinski definition) is 1. The first-order valence-electron chi connectivity index (χ1n) is 7.74. The van der Waals surface area contributed by atoms with Crippen molar-refractivity contribution in [2.45, 2.75) is 39.2 Å². The molecule has 0 saturated carbocycles. The van der Waals surface area contributed by atoms with Gasteiger partial charge in [0, 0.05) is 19.1 Å². The lowest BCUT2D eigenvalue weighted by Gasteiger charge is -2.31. The number of hydrogen-bond acceptors (Lipinski definition) is 2. The monoisotopic (exact) mass is 260 g/mol. The van der Waals surface area contributed by atoms with Gasteiger partial charge in [-0.2, -0.15) is 0 Å². The molecule has 1 N–H and O–H groups in total. The molecular weight excluding hydrogens is 232 g/mol. The van der Waals surface area contributed by atoms with E-state index in [0.29, 0.717) is 6.04 Å². The Labute approximate surface area is 118 Å². The zero-order valence-corrected chi connectivity index (χ0v) is 12.4. The van der Waals surface area contributed by atoms with Crippen molar-refractivity contribution in [2.75, 3.05) is 26.2 Å². The lowest BCUT2D eigenvalue weighted by Crippen LogP contribution is -2.41. The average molecular weight is 260 g/mol. The van der Waals surface area contributed by atoms with E-state index in [4.69, 9.17) is 0 Å². The number of nitrogens with zero attached hydrogens (tertiary/aromatic N) is 1. The first-order valence-corrected chi connectivity index (χ1v) is 7.74. The summed E-state index contributed by atoms with van der Waals surface area (Å²) in [6, 6.07) is 11.6. The van der Waals surface area contributed by atoms with E-state index in [-0.39, 0.29) is 0 Å². The molecule has 2 rings (SSSR count). The summed E-state index contributed by atoms with van der Waals surface area (Å²) in [6.45, 7) is 9.45. The van der Waals surface area contributed by atoms with Crippen molar-refractivity contribution in [1.29, 1.82) is 0 Å². The largest absolute Gasteiger partial charge is 0.315 e. The van der Waals surface area contributed by atoms with Crippen LogP contribution in [0.2, 0.25) is 0 Å². The molecule has 19 heavy (non-hydrogen) atoms. The number of rotatable bonds is 5. The van der Waals surface area contributed by atoms with Gasteiger partial charge in [0.25, 0.3) is 0 Å². The maximum Gasteiger partial charge on any atom is 0.0223 e. The summed E-state index contributed by atoms with van der Waals surface area (Å²) in [6.07, 6.45) is 3.76. The number of nitrogens with one attached hydrogen (secondary N) is 1. The van der Waals surface area contributed by atoms with Gasteiger partial charge < -0.3 is 5.32 Å². The Morgan fingerprint density at radius 2 is 2.05 bits per heavy atom. The normalized spacial score (nSPS) is 21.5. The van der Waals surface area contributed by atoms with Gasteiger partial charge in [0.1, 0.15) is 0 Å². The van der Waals surface area contributed by atoms with Crippen LogP contribution in [0.4, 0.5) is 0 Å². The molecule has 0 amide bonds. The van der Waals surface area contributed by atoms with Gasteiger partial charge >= 0.3 is 0 Å². The molecule has 1 fully saturated rings. The second-order valence-corrected chi connectivity index (χ2v) is 6.11. The Balaban J connectivity index is 1.90. The van der Waals surface area contributed by atoms with Gasteiger partial charge in [-0.1, -0.05) is 44.2 Å². The third-order valence-corrected chi connectivity index (χ3v) is 3.97. The van der Waals surface area contributed by atoms with Crippen LogP contribution in [0, 0.1) is 5.92 Å². The van der Waals surface area contributed by atoms with E-state index in [1.165, 1.54) is 44.5 Å². The highest BCUT2D eigenvalue weighted by atomic mass is 15.2. The van der Waals surface area contributed by atoms with Crippen LogP contribution in [0.3, 0.4) is 0 Å². The maximum absolute atomic E-state index is 3.59. The van der Waals surface area contributed by atoms with Crippen LogP contribution >= 0.6 is 0 Å². The molecule has 0 spiro atoms. The van der Waals surface area contributed by atoms with Crippen LogP contribution in [0.5, 0.6) is 0 Å². The Hall–Kier alpha value is -0.860. The molecule has 2 heteroatoms. The summed E-state index contributed by atoms with van der Waals surface area (Å²) in [5.74, 6) is 0.782. The first kappa shape index (κ1) is 14.5. The quantitative estimate of drug-likeness (QED) is 0.875. The fourth-order valence-electron chi connectivity index (χ4n) is 2.98. The third kappa shape index (κ3) is 4.96. The van der Waals surface area contributed by atoms with Crippen LogP contribution < -0.4 is 5.32 Å². The lowest BCUT2D eigenvalue weighted by molar-refractivity contribution is 0.187. The molecule has 1 aromatic carbocycles. The van der Waals surface area contributed by atoms with Gasteiger partial charge in [-0.15, -0.1) is 0 Å². The molecule has 1 atom stereocenters. The number of benzene rings is 1. The van der Waals surface area contributed by atoms with Crippen molar-refractivity contribution < 1.29 is 0 Å². The summed E-state index contributed by atoms with van der Waals surface area (Å²) < 4.78 is 0. The minimum Gasteiger partial charge on any atom is -0.315 e. The SMILES string of the molecule is CC(C)CC1CNCCCN1CCc1ccccc1. The molecule has 106 valence electrons. The van der Waals surface area contributed by atoms with Gasteiger partial charge in [0.2, 0.25) is 0 Å². The van der Waals surface area contributed by atoms with E-state index in [9.17, 15) is 0 Å². The molecule has 1 saturated heterocycles. The van der Waals surface area contributed by atoms with E-state index < -0.39 is 0 Å². The Morgan fingerprint density at radius 3 is 2.79 bits per heavy atom. The Bertz CT molecular complexity index is 348. The predicted molar refractivity (Wildman–Crippen MR) is 82.4 cm³/mol. The molecule has 1 unspecified atom stereocenters. The van der Waals surface area contributed by atoms with Gasteiger partial charge in [-0.3, -0.25) is 4.90 Å². The Morgan fingerprint density at radius 1 is 1.26 bits per heavy atom. The molecule has 0 bridgehead atoms. The van der Waals surface area contributed by atoms with Crippen LogP contribution in [-0.2, 0) is 6.42 Å². The molecule has 1 aliphatic rings. The van der Waals surface area contributed by atoms with Gasteiger partial charge in [0.15, 0.2) is 0 Å². The molecule has 1 aromatic rings. The van der Waals surface area contributed by atoms with Crippen LogP contribution in [-0.4, -0.2) is 37.1 Å². The second kappa shape index (κ2) is 7.66. The molecule has 0 aliphatic carbocycles. The first-order chi connectivity index (χ1) is 9.25. The smallest absolute Gasteiger partial charge is 0.0223 e. The topological polar surface area (TPSA) is 15.3 Å². The summed E-state index contributed by atoms with van der Waals surface area (Å²) in [4.78, 5) is 2.70. The maximum atomic E-state index is 3.59. The fraction of sp³-hybridized carbons (Fsp3) is 0.647. The standard InChI is InChI=1S/C17H28N2/c1-15(2)13-17-14-18-10-6-11-19(17)12-9-16-7-4-3-5-8-16/h3-5,7-8,15,17-18H,6,9-14H2,1-2H3. The zero-order chi connectivity index (χ0) is 13.5. The molecule has 0 aromatic heterocycles. The molecule has 2 nitrogen and oxygen atoms in total. The van der Waals surface area contributed by atoms with E-state index in [2.05, 4.69) is 54.4 Å². The van der Waals surface area contributed by atoms with Crippen LogP contribution in [0.15, 0.2) is 30.3 Å². The minimum absolute atomic E-state index is 0.714. The summed E-state index contributed by atoms with van der Waals surface area (Å²) in [5.41, 5.74) is 1.46. The van der Waals surface area contributed by atoms with Crippen molar-refractivity contribution in [3.05, 3.63) is 35.9 Å². The van der Waals surface area contributed by atoms with Crippen molar-refractivity contribution in [2.24, 2.45) is 5.92 Å². The molecule has 0 radical (unpaired) electrons. The van der Waals surface area contributed by atoms with Crippen molar-refractivity contribution in [3.8, 4) is 0 Å². The predicted octanol–water partition coefficient (Wildman–Crippen LogP) is 2.94. The molecule has 1 heterocycles. The van der Waals surface area contributed by atoms with Crippen LogP contribution in [0.1, 0.15) is 32.3 Å². The van der Waals surface area contributed by atoms with E-state index >= 15 is 0 Å². The fourth-order valence-corrected chi connectivity index (χ4v) is 2.98. The second-order valence-electron chi connectivity index (χ2n) is 6.11. The molecular formula is C17H28N2. The van der Waals surface area contributed by atoms with Gasteiger partial charge in [-0.25, -0.2) is 0 Å². The van der Waals surface area contributed by atoms with Gasteiger partial charge in [-0.05, 0) is 43.8 Å². The van der Waals surface area contributed by atoms with E-state index in [1.807, 2.05) is 0 Å². The van der Waals surface area contributed by atoms with E-state index in [1.54, 1.807) is 0 Å².